The molecule has 2 heterocycles. The molecule has 0 aliphatic carbocycles. The van der Waals surface area contributed by atoms with Crippen LogP contribution in [0, 0.1) is 0 Å². The molecular formula is C29H30N4O4S. The summed E-state index contributed by atoms with van der Waals surface area (Å²) in [7, 11) is 1.57. The average Bonchev–Trinajstić information content (AvgIpc) is 2.93. The van der Waals surface area contributed by atoms with Gasteiger partial charge in [0.2, 0.25) is 0 Å². The van der Waals surface area contributed by atoms with Crippen molar-refractivity contribution in [3.05, 3.63) is 83.6 Å². The Kier molecular flexibility index (Phi) is 7.95. The number of anilines is 2. The number of nitrogens with zero attached hydrogens (tertiary/aromatic N) is 2. The summed E-state index contributed by atoms with van der Waals surface area (Å²) in [6, 6.07) is 20.7. The lowest BCUT2D eigenvalue weighted by molar-refractivity contribution is -0.141. The minimum absolute atomic E-state index is 0.179. The number of allylic oxidation sites excluding steroid dienone is 1. The van der Waals surface area contributed by atoms with Crippen molar-refractivity contribution >= 4 is 51.1 Å². The number of esters is 1. The molecule has 1 fully saturated rings. The number of amidine groups is 1. The predicted molar refractivity (Wildman–Crippen MR) is 153 cm³/mol. The second-order valence-corrected chi connectivity index (χ2v) is 10.1. The van der Waals surface area contributed by atoms with Crippen LogP contribution in [0.3, 0.4) is 0 Å². The standard InChI is InChI=1S/C29H30N4O4S/c1-19-25(27(34)37-17-16-36-2)26(33-15-6-18-38-29(33)30-19)21-11-13-22(14-12-21)31-28(35)32-24-10-5-8-20-7-3-4-9-23(20)24/h3-5,7-14,26H,6,15-18H2,1-2H3,(H2,31,32,35). The molecule has 1 atom stereocenters. The van der Waals surface area contributed by atoms with Gasteiger partial charge in [-0.25, -0.2) is 14.6 Å². The van der Waals surface area contributed by atoms with Crippen molar-refractivity contribution in [3.8, 4) is 0 Å². The number of methoxy groups -OCH3 is 1. The van der Waals surface area contributed by atoms with Crippen LogP contribution in [-0.2, 0) is 14.3 Å². The second-order valence-electron chi connectivity index (χ2n) is 9.05. The number of ether oxygens (including phenoxy) is 2. The van der Waals surface area contributed by atoms with E-state index in [1.165, 1.54) is 0 Å². The first-order chi connectivity index (χ1) is 18.5. The average molecular weight is 531 g/mol. The molecule has 3 aromatic carbocycles. The van der Waals surface area contributed by atoms with E-state index in [0.29, 0.717) is 23.6 Å². The van der Waals surface area contributed by atoms with E-state index >= 15 is 0 Å². The number of fused-ring (bicyclic) bond motifs is 2. The Balaban J connectivity index is 1.35. The van der Waals surface area contributed by atoms with Crippen molar-refractivity contribution in [2.24, 2.45) is 4.99 Å². The molecule has 8 nitrogen and oxygen atoms in total. The molecule has 2 aliphatic rings. The van der Waals surface area contributed by atoms with E-state index in [0.717, 1.165) is 45.9 Å². The van der Waals surface area contributed by atoms with E-state index < -0.39 is 0 Å². The van der Waals surface area contributed by atoms with Crippen molar-refractivity contribution in [3.63, 3.8) is 0 Å². The fourth-order valence-corrected chi connectivity index (χ4v) is 5.76. The number of aliphatic imine (C=N–C) groups is 1. The molecule has 1 unspecified atom stereocenters. The molecule has 0 saturated carbocycles. The van der Waals surface area contributed by atoms with Crippen LogP contribution in [-0.4, -0.2) is 54.7 Å². The van der Waals surface area contributed by atoms with Crippen LogP contribution in [0.1, 0.15) is 24.9 Å². The van der Waals surface area contributed by atoms with Gasteiger partial charge in [-0.05, 0) is 42.5 Å². The van der Waals surface area contributed by atoms with Crippen LogP contribution in [0.2, 0.25) is 0 Å². The Morgan fingerprint density at radius 1 is 1.03 bits per heavy atom. The Morgan fingerprint density at radius 3 is 2.63 bits per heavy atom. The van der Waals surface area contributed by atoms with Crippen molar-refractivity contribution in [1.82, 2.24) is 4.90 Å². The molecule has 3 aromatic rings. The van der Waals surface area contributed by atoms with Crippen molar-refractivity contribution in [2.45, 2.75) is 19.4 Å². The van der Waals surface area contributed by atoms with E-state index in [-0.39, 0.29) is 24.6 Å². The highest BCUT2D eigenvalue weighted by molar-refractivity contribution is 8.13. The van der Waals surface area contributed by atoms with Crippen molar-refractivity contribution in [1.29, 1.82) is 0 Å². The number of carbonyl (C=O) groups is 2. The highest BCUT2D eigenvalue weighted by Crippen LogP contribution is 2.40. The molecule has 5 rings (SSSR count). The third kappa shape index (κ3) is 5.54. The summed E-state index contributed by atoms with van der Waals surface area (Å²) in [6.07, 6.45) is 0.999. The first kappa shape index (κ1) is 25.8. The summed E-state index contributed by atoms with van der Waals surface area (Å²) >= 11 is 1.70. The number of urea groups is 1. The Morgan fingerprint density at radius 2 is 1.82 bits per heavy atom. The smallest absolute Gasteiger partial charge is 0.338 e. The number of hydrogen-bond acceptors (Lipinski definition) is 7. The summed E-state index contributed by atoms with van der Waals surface area (Å²) in [5.41, 5.74) is 3.51. The molecular weight excluding hydrogens is 500 g/mol. The maximum atomic E-state index is 13.1. The van der Waals surface area contributed by atoms with E-state index in [1.54, 1.807) is 18.9 Å². The molecule has 2 N–H and O–H groups in total. The van der Waals surface area contributed by atoms with Gasteiger partial charge in [0.25, 0.3) is 0 Å². The van der Waals surface area contributed by atoms with Gasteiger partial charge in [-0.1, -0.05) is 60.3 Å². The number of hydrogen-bond donors (Lipinski definition) is 2. The Labute approximate surface area is 226 Å². The maximum absolute atomic E-state index is 13.1. The number of nitrogens with one attached hydrogen (secondary N) is 2. The highest BCUT2D eigenvalue weighted by Gasteiger charge is 2.37. The van der Waals surface area contributed by atoms with Crippen LogP contribution < -0.4 is 10.6 Å². The summed E-state index contributed by atoms with van der Waals surface area (Å²) in [5, 5.41) is 8.81. The fourth-order valence-electron chi connectivity index (χ4n) is 4.74. The minimum atomic E-state index is -0.389. The SMILES string of the molecule is COCCOC(=O)C1=C(C)N=C2SCCCN2C1c1ccc(NC(=O)Nc2cccc3ccccc23)cc1. The van der Waals surface area contributed by atoms with E-state index in [9.17, 15) is 9.59 Å². The first-order valence-corrected chi connectivity index (χ1v) is 13.5. The van der Waals surface area contributed by atoms with Gasteiger partial charge in [0, 0.05) is 30.5 Å². The summed E-state index contributed by atoms with van der Waals surface area (Å²) < 4.78 is 10.5. The van der Waals surface area contributed by atoms with Gasteiger partial charge in [-0.3, -0.25) is 0 Å². The van der Waals surface area contributed by atoms with Gasteiger partial charge in [0.15, 0.2) is 5.17 Å². The molecule has 196 valence electrons. The van der Waals surface area contributed by atoms with Crippen LogP contribution in [0.15, 0.2) is 83.0 Å². The predicted octanol–water partition coefficient (Wildman–Crippen LogP) is 5.80. The van der Waals surface area contributed by atoms with Crippen molar-refractivity contribution < 1.29 is 19.1 Å². The van der Waals surface area contributed by atoms with Gasteiger partial charge in [-0.2, -0.15) is 0 Å². The van der Waals surface area contributed by atoms with Gasteiger partial charge in [0.05, 0.1) is 29.6 Å². The zero-order valence-corrected chi connectivity index (χ0v) is 22.2. The molecule has 38 heavy (non-hydrogen) atoms. The Bertz CT molecular complexity index is 1400. The van der Waals surface area contributed by atoms with Crippen LogP contribution in [0.5, 0.6) is 0 Å². The number of rotatable bonds is 7. The topological polar surface area (TPSA) is 92.3 Å². The van der Waals surface area contributed by atoms with Gasteiger partial charge < -0.3 is 25.0 Å². The van der Waals surface area contributed by atoms with Crippen LogP contribution >= 0.6 is 11.8 Å². The van der Waals surface area contributed by atoms with Gasteiger partial charge in [0.1, 0.15) is 6.61 Å². The lowest BCUT2D eigenvalue weighted by atomic mass is 9.94. The summed E-state index contributed by atoms with van der Waals surface area (Å²) in [6.45, 7) is 3.16. The third-order valence-corrected chi connectivity index (χ3v) is 7.60. The Hall–Kier alpha value is -3.82. The minimum Gasteiger partial charge on any atom is -0.460 e. The van der Waals surface area contributed by atoms with E-state index in [4.69, 9.17) is 14.5 Å². The zero-order chi connectivity index (χ0) is 26.5. The molecule has 2 aliphatic heterocycles. The first-order valence-electron chi connectivity index (χ1n) is 12.6. The van der Waals surface area contributed by atoms with Crippen molar-refractivity contribution in [2.75, 3.05) is 43.3 Å². The monoisotopic (exact) mass is 530 g/mol. The second kappa shape index (κ2) is 11.7. The quantitative estimate of drug-likeness (QED) is 0.296. The maximum Gasteiger partial charge on any atom is 0.338 e. The van der Waals surface area contributed by atoms with Crippen LogP contribution in [0.4, 0.5) is 16.2 Å². The number of amides is 2. The molecule has 1 saturated heterocycles. The molecule has 0 bridgehead atoms. The fraction of sp³-hybridized carbons (Fsp3) is 0.276. The molecule has 0 aromatic heterocycles. The lowest BCUT2D eigenvalue weighted by Gasteiger charge is -2.40. The molecule has 9 heteroatoms. The molecule has 2 amide bonds. The number of thioether (sulfide) groups is 1. The lowest BCUT2D eigenvalue weighted by Crippen LogP contribution is -2.42. The van der Waals surface area contributed by atoms with E-state index in [1.807, 2.05) is 73.7 Å². The molecule has 0 radical (unpaired) electrons. The van der Waals surface area contributed by atoms with Gasteiger partial charge in [-0.15, -0.1) is 0 Å². The summed E-state index contributed by atoms with van der Waals surface area (Å²) in [5.74, 6) is 0.608. The molecule has 0 spiro atoms. The largest absolute Gasteiger partial charge is 0.460 e. The highest BCUT2D eigenvalue weighted by atomic mass is 32.2. The third-order valence-electron chi connectivity index (χ3n) is 6.52. The number of benzene rings is 3. The van der Waals surface area contributed by atoms with E-state index in [2.05, 4.69) is 15.5 Å². The number of carbonyl (C=O) groups excluding carboxylic acids is 2. The van der Waals surface area contributed by atoms with Gasteiger partial charge >= 0.3 is 12.0 Å². The normalized spacial score (nSPS) is 17.1. The summed E-state index contributed by atoms with van der Waals surface area (Å²) in [4.78, 5) is 32.8. The van der Waals surface area contributed by atoms with Crippen LogP contribution in [0.25, 0.3) is 10.8 Å². The zero-order valence-electron chi connectivity index (χ0n) is 21.4.